The van der Waals surface area contributed by atoms with E-state index in [9.17, 15) is 4.79 Å². The Morgan fingerprint density at radius 3 is 2.60 bits per heavy atom. The normalized spacial score (nSPS) is 16.3. The van der Waals surface area contributed by atoms with E-state index in [1.54, 1.807) is 7.11 Å². The van der Waals surface area contributed by atoms with E-state index in [0.29, 0.717) is 5.56 Å². The molecule has 1 fully saturated rings. The quantitative estimate of drug-likeness (QED) is 0.607. The van der Waals surface area contributed by atoms with Gasteiger partial charge in [0.1, 0.15) is 12.0 Å². The van der Waals surface area contributed by atoms with Crippen molar-refractivity contribution in [2.45, 2.75) is 6.92 Å². The lowest BCUT2D eigenvalue weighted by Gasteiger charge is -2.29. The number of carbonyl (C=O) groups is 1. The summed E-state index contributed by atoms with van der Waals surface area (Å²) in [6, 6.07) is 13.1. The van der Waals surface area contributed by atoms with Gasteiger partial charge in [0.2, 0.25) is 0 Å². The SMILES string of the molecule is COc1ccc(C(=O)c2c(C)n3c4c(cccc24)OC=C3CN2CCOCC2)cc1. The van der Waals surface area contributed by atoms with Crippen LogP contribution in [0.5, 0.6) is 11.5 Å². The van der Waals surface area contributed by atoms with E-state index in [2.05, 4.69) is 9.47 Å². The lowest BCUT2D eigenvalue weighted by molar-refractivity contribution is 0.0438. The highest BCUT2D eigenvalue weighted by Crippen LogP contribution is 2.39. The summed E-state index contributed by atoms with van der Waals surface area (Å²) in [4.78, 5) is 15.8. The molecule has 0 radical (unpaired) electrons. The molecule has 0 aliphatic carbocycles. The number of aromatic nitrogens is 1. The van der Waals surface area contributed by atoms with Crippen LogP contribution in [0.15, 0.2) is 48.7 Å². The molecule has 3 heterocycles. The average molecular weight is 404 g/mol. The second-order valence-electron chi connectivity index (χ2n) is 7.62. The van der Waals surface area contributed by atoms with Gasteiger partial charge in [-0.25, -0.2) is 0 Å². The molecule has 0 amide bonds. The fraction of sp³-hybridized carbons (Fsp3) is 0.292. The fourth-order valence-electron chi connectivity index (χ4n) is 4.34. The van der Waals surface area contributed by atoms with Crippen molar-refractivity contribution in [3.05, 3.63) is 65.5 Å². The van der Waals surface area contributed by atoms with Gasteiger partial charge in [0, 0.05) is 36.3 Å². The number of para-hydroxylation sites is 1. The number of nitrogens with zero attached hydrogens (tertiary/aromatic N) is 2. The maximum Gasteiger partial charge on any atom is 0.195 e. The van der Waals surface area contributed by atoms with Crippen LogP contribution in [0.4, 0.5) is 0 Å². The number of carbonyl (C=O) groups excluding carboxylic acids is 1. The van der Waals surface area contributed by atoms with Gasteiger partial charge in [0.25, 0.3) is 0 Å². The minimum atomic E-state index is 0.00340. The predicted molar refractivity (Wildman–Crippen MR) is 115 cm³/mol. The van der Waals surface area contributed by atoms with Crippen LogP contribution in [-0.2, 0) is 4.74 Å². The second-order valence-corrected chi connectivity index (χ2v) is 7.62. The van der Waals surface area contributed by atoms with Crippen molar-refractivity contribution in [1.29, 1.82) is 0 Å². The molecule has 30 heavy (non-hydrogen) atoms. The van der Waals surface area contributed by atoms with Gasteiger partial charge in [-0.05, 0) is 37.3 Å². The molecule has 0 N–H and O–H groups in total. The Hall–Kier alpha value is -3.09. The minimum absolute atomic E-state index is 0.00340. The summed E-state index contributed by atoms with van der Waals surface area (Å²) in [6.45, 7) is 6.02. The van der Waals surface area contributed by atoms with Gasteiger partial charge in [-0.2, -0.15) is 0 Å². The molecule has 0 bridgehead atoms. The van der Waals surface area contributed by atoms with E-state index in [1.165, 1.54) is 0 Å². The van der Waals surface area contributed by atoms with Crippen molar-refractivity contribution in [3.8, 4) is 11.5 Å². The highest BCUT2D eigenvalue weighted by atomic mass is 16.5. The summed E-state index contributed by atoms with van der Waals surface area (Å²) in [5, 5.41) is 0.915. The zero-order valence-corrected chi connectivity index (χ0v) is 17.2. The minimum Gasteiger partial charge on any atom is -0.497 e. The van der Waals surface area contributed by atoms with Crippen LogP contribution >= 0.6 is 0 Å². The number of rotatable bonds is 5. The largest absolute Gasteiger partial charge is 0.497 e. The van der Waals surface area contributed by atoms with E-state index in [1.807, 2.05) is 55.7 Å². The molecule has 2 aliphatic heterocycles. The number of benzene rings is 2. The molecule has 2 aromatic carbocycles. The molecule has 6 heteroatoms. The Balaban J connectivity index is 1.59. The molecule has 0 atom stereocenters. The zero-order chi connectivity index (χ0) is 20.7. The molecular formula is C24H24N2O4. The van der Waals surface area contributed by atoms with Crippen LogP contribution in [0.3, 0.4) is 0 Å². The maximum atomic E-state index is 13.5. The van der Waals surface area contributed by atoms with Crippen LogP contribution in [0.1, 0.15) is 21.6 Å². The maximum absolute atomic E-state index is 13.5. The lowest BCUT2D eigenvalue weighted by Crippen LogP contribution is -2.38. The highest BCUT2D eigenvalue weighted by molar-refractivity contribution is 6.18. The molecule has 0 spiro atoms. The number of ether oxygens (including phenoxy) is 3. The van der Waals surface area contributed by atoms with E-state index >= 15 is 0 Å². The molecule has 2 aliphatic rings. The Kier molecular flexibility index (Phi) is 4.81. The molecular weight excluding hydrogens is 380 g/mol. The lowest BCUT2D eigenvalue weighted by atomic mass is 10.0. The van der Waals surface area contributed by atoms with Gasteiger partial charge < -0.3 is 18.8 Å². The third kappa shape index (κ3) is 3.09. The average Bonchev–Trinajstić information content (AvgIpc) is 3.09. The van der Waals surface area contributed by atoms with Gasteiger partial charge in [-0.15, -0.1) is 0 Å². The van der Waals surface area contributed by atoms with E-state index in [4.69, 9.17) is 14.2 Å². The Morgan fingerprint density at radius 1 is 1.10 bits per heavy atom. The third-order valence-electron chi connectivity index (χ3n) is 5.87. The summed E-state index contributed by atoms with van der Waals surface area (Å²) in [6.07, 6.45) is 1.81. The monoisotopic (exact) mass is 404 g/mol. The van der Waals surface area contributed by atoms with E-state index < -0.39 is 0 Å². The van der Waals surface area contributed by atoms with Crippen LogP contribution in [0.2, 0.25) is 0 Å². The van der Waals surface area contributed by atoms with Gasteiger partial charge in [-0.1, -0.05) is 12.1 Å². The number of methoxy groups -OCH3 is 1. The van der Waals surface area contributed by atoms with Crippen LogP contribution in [0.25, 0.3) is 16.6 Å². The molecule has 1 aromatic heterocycles. The van der Waals surface area contributed by atoms with Crippen molar-refractivity contribution >= 4 is 22.4 Å². The number of morpholine rings is 1. The smallest absolute Gasteiger partial charge is 0.195 e. The highest BCUT2D eigenvalue weighted by Gasteiger charge is 2.28. The van der Waals surface area contributed by atoms with Crippen molar-refractivity contribution in [2.24, 2.45) is 0 Å². The topological polar surface area (TPSA) is 52.9 Å². The van der Waals surface area contributed by atoms with E-state index in [0.717, 1.165) is 72.2 Å². The molecule has 0 saturated carbocycles. The predicted octanol–water partition coefficient (Wildman–Crippen LogP) is 3.71. The standard InChI is InChI=1S/C24H24N2O4/c1-16-22(24(27)17-6-8-19(28-2)9-7-17)20-4-3-5-21-23(20)26(16)18(15-30-21)14-25-10-12-29-13-11-25/h3-9,15H,10-14H2,1-2H3. The zero-order valence-electron chi connectivity index (χ0n) is 17.2. The van der Waals surface area contributed by atoms with Crippen LogP contribution in [-0.4, -0.2) is 55.2 Å². The summed E-state index contributed by atoms with van der Waals surface area (Å²) in [5.41, 5.74) is 4.28. The second kappa shape index (κ2) is 7.63. The van der Waals surface area contributed by atoms with Crippen molar-refractivity contribution in [2.75, 3.05) is 40.0 Å². The molecule has 3 aromatic rings. The first-order valence-corrected chi connectivity index (χ1v) is 10.2. The first-order chi connectivity index (χ1) is 14.7. The van der Waals surface area contributed by atoms with Gasteiger partial charge in [-0.3, -0.25) is 9.69 Å². The Labute approximate surface area is 175 Å². The van der Waals surface area contributed by atoms with Crippen molar-refractivity contribution in [1.82, 2.24) is 9.47 Å². The first kappa shape index (κ1) is 18.9. The van der Waals surface area contributed by atoms with Crippen molar-refractivity contribution in [3.63, 3.8) is 0 Å². The summed E-state index contributed by atoms with van der Waals surface area (Å²) < 4.78 is 18.8. The summed E-state index contributed by atoms with van der Waals surface area (Å²) in [5.74, 6) is 1.51. The molecule has 154 valence electrons. The van der Waals surface area contributed by atoms with Gasteiger partial charge in [0.15, 0.2) is 11.5 Å². The third-order valence-corrected chi connectivity index (χ3v) is 5.87. The number of hydrogen-bond acceptors (Lipinski definition) is 5. The summed E-state index contributed by atoms with van der Waals surface area (Å²) >= 11 is 0. The van der Waals surface area contributed by atoms with E-state index in [-0.39, 0.29) is 5.78 Å². The van der Waals surface area contributed by atoms with Gasteiger partial charge in [0.05, 0.1) is 37.1 Å². The van der Waals surface area contributed by atoms with Crippen LogP contribution < -0.4 is 9.47 Å². The molecule has 5 rings (SSSR count). The molecule has 0 unspecified atom stereocenters. The first-order valence-electron chi connectivity index (χ1n) is 10.2. The summed E-state index contributed by atoms with van der Waals surface area (Å²) in [7, 11) is 1.62. The molecule has 1 saturated heterocycles. The van der Waals surface area contributed by atoms with Gasteiger partial charge >= 0.3 is 0 Å². The van der Waals surface area contributed by atoms with Crippen molar-refractivity contribution < 1.29 is 19.0 Å². The fourth-order valence-corrected chi connectivity index (χ4v) is 4.34. The van der Waals surface area contributed by atoms with Crippen LogP contribution in [0, 0.1) is 6.92 Å². The Morgan fingerprint density at radius 2 is 1.87 bits per heavy atom. The molecule has 6 nitrogen and oxygen atoms in total. The number of ketones is 1. The Bertz CT molecular complexity index is 1140. The number of hydrogen-bond donors (Lipinski definition) is 0.